The van der Waals surface area contributed by atoms with Gasteiger partial charge in [0.25, 0.3) is 0 Å². The van der Waals surface area contributed by atoms with E-state index in [1.165, 1.54) is 96.3 Å². The zero-order valence-electron chi connectivity index (χ0n) is 36.1. The van der Waals surface area contributed by atoms with E-state index in [1.54, 1.807) is 4.90 Å². The van der Waals surface area contributed by atoms with E-state index < -0.39 is 12.2 Å². The largest absolute Gasteiger partial charge is 0.462 e. The van der Waals surface area contributed by atoms with Crippen LogP contribution < -0.4 is 5.32 Å². The van der Waals surface area contributed by atoms with Gasteiger partial charge in [0.15, 0.2) is 6.10 Å². The van der Waals surface area contributed by atoms with E-state index in [2.05, 4.69) is 43.5 Å². The zero-order chi connectivity index (χ0) is 41.0. The number of carbonyl (C=O) groups is 3. The number of hydrogen-bond donors (Lipinski definition) is 3. The van der Waals surface area contributed by atoms with Crippen LogP contribution in [0.1, 0.15) is 194 Å². The van der Waals surface area contributed by atoms with Gasteiger partial charge in [0.05, 0.1) is 19.8 Å². The molecule has 0 aromatic carbocycles. The number of alkyl carbamates (subject to hydrolysis) is 1. The molecule has 0 saturated heterocycles. The van der Waals surface area contributed by atoms with Crippen LogP contribution in [0.2, 0.25) is 0 Å². The molecule has 0 spiro atoms. The average Bonchev–Trinajstić information content (AvgIpc) is 3.19. The Kier molecular flexibility index (Phi) is 41.8. The first-order valence-corrected chi connectivity index (χ1v) is 23.0. The van der Waals surface area contributed by atoms with Gasteiger partial charge >= 0.3 is 18.0 Å². The second-order valence-electron chi connectivity index (χ2n) is 15.3. The van der Waals surface area contributed by atoms with Crippen LogP contribution in [0, 0.1) is 0 Å². The van der Waals surface area contributed by atoms with Crippen LogP contribution in [0.4, 0.5) is 4.79 Å². The minimum absolute atomic E-state index is 0.0470. The molecule has 0 aliphatic heterocycles. The standard InChI is InChI=1S/C46H86N2O8/c1-3-5-7-9-11-13-15-17-19-21-23-25-27-29-31-33-44(51)55-42-43(41-47-46(53)54-40-37-48(35-38-49)36-39-50)56-45(52)34-32-30-28-26-24-22-20-18-16-14-12-10-8-6-4-2/h17-20,43,49-50H,3-16,21-42H2,1-2H3,(H,47,53). The van der Waals surface area contributed by atoms with E-state index in [0.717, 1.165) is 70.6 Å². The topological polar surface area (TPSA) is 135 Å². The van der Waals surface area contributed by atoms with Gasteiger partial charge in [-0.25, -0.2) is 4.79 Å². The number of aliphatic hydroxyl groups excluding tert-OH is 2. The molecule has 0 heterocycles. The fourth-order valence-corrected chi connectivity index (χ4v) is 6.45. The van der Waals surface area contributed by atoms with Gasteiger partial charge < -0.3 is 29.7 Å². The van der Waals surface area contributed by atoms with E-state index in [-0.39, 0.29) is 51.3 Å². The molecule has 0 aromatic rings. The summed E-state index contributed by atoms with van der Waals surface area (Å²) >= 11 is 0. The molecule has 1 unspecified atom stereocenters. The lowest BCUT2D eigenvalue weighted by atomic mass is 10.1. The summed E-state index contributed by atoms with van der Waals surface area (Å²) in [6.07, 6.45) is 39.0. The quantitative estimate of drug-likeness (QED) is 0.0239. The van der Waals surface area contributed by atoms with Crippen molar-refractivity contribution >= 4 is 18.0 Å². The molecule has 3 N–H and O–H groups in total. The Morgan fingerprint density at radius 2 is 0.946 bits per heavy atom. The van der Waals surface area contributed by atoms with E-state index in [4.69, 9.17) is 24.4 Å². The van der Waals surface area contributed by atoms with Crippen LogP contribution in [0.25, 0.3) is 0 Å². The highest BCUT2D eigenvalue weighted by Crippen LogP contribution is 2.13. The fraction of sp³-hybridized carbons (Fsp3) is 0.848. The smallest absolute Gasteiger partial charge is 0.407 e. The molecule has 0 aromatic heterocycles. The summed E-state index contributed by atoms with van der Waals surface area (Å²) in [5.41, 5.74) is 0. The molecular formula is C46H86N2O8. The fourth-order valence-electron chi connectivity index (χ4n) is 6.45. The van der Waals surface area contributed by atoms with Crippen LogP contribution in [0.5, 0.6) is 0 Å². The molecule has 0 saturated carbocycles. The van der Waals surface area contributed by atoms with Crippen molar-refractivity contribution in [3.05, 3.63) is 24.3 Å². The summed E-state index contributed by atoms with van der Waals surface area (Å²) in [5.74, 6) is -0.712. The van der Waals surface area contributed by atoms with E-state index >= 15 is 0 Å². The van der Waals surface area contributed by atoms with Crippen molar-refractivity contribution in [2.75, 3.05) is 52.6 Å². The molecule has 56 heavy (non-hydrogen) atoms. The maximum atomic E-state index is 12.7. The van der Waals surface area contributed by atoms with Crippen molar-refractivity contribution in [2.45, 2.75) is 200 Å². The molecule has 10 nitrogen and oxygen atoms in total. The number of esters is 2. The van der Waals surface area contributed by atoms with Crippen molar-refractivity contribution in [3.63, 3.8) is 0 Å². The Morgan fingerprint density at radius 1 is 0.536 bits per heavy atom. The summed E-state index contributed by atoms with van der Waals surface area (Å²) in [7, 11) is 0. The normalized spacial score (nSPS) is 12.2. The van der Waals surface area contributed by atoms with Gasteiger partial charge in [0.1, 0.15) is 13.2 Å². The maximum absolute atomic E-state index is 12.7. The lowest BCUT2D eigenvalue weighted by molar-refractivity contribution is -0.158. The third-order valence-corrected chi connectivity index (χ3v) is 9.96. The first-order valence-electron chi connectivity index (χ1n) is 23.0. The Hall–Kier alpha value is -2.43. The SMILES string of the molecule is CCCCCCCCC=CCCCCCCCC(=O)OCC(CNC(=O)OCCN(CCO)CCO)OC(=O)CCCCCCCC=CCCCCCCCC. The van der Waals surface area contributed by atoms with Gasteiger partial charge in [0, 0.05) is 32.5 Å². The molecule has 0 aliphatic rings. The number of unbranched alkanes of at least 4 members (excludes halogenated alkanes) is 22. The molecule has 1 atom stereocenters. The zero-order valence-corrected chi connectivity index (χ0v) is 36.1. The summed E-state index contributed by atoms with van der Waals surface area (Å²) in [6.45, 7) is 5.34. The lowest BCUT2D eigenvalue weighted by Crippen LogP contribution is -2.39. The Labute approximate surface area is 343 Å². The molecule has 0 rings (SSSR count). The van der Waals surface area contributed by atoms with Crippen LogP contribution in [-0.2, 0) is 23.8 Å². The van der Waals surface area contributed by atoms with Crippen molar-refractivity contribution < 1.29 is 38.8 Å². The van der Waals surface area contributed by atoms with E-state index in [9.17, 15) is 14.4 Å². The van der Waals surface area contributed by atoms with Crippen LogP contribution >= 0.6 is 0 Å². The molecule has 0 fully saturated rings. The summed E-state index contributed by atoms with van der Waals surface area (Å²) in [6, 6.07) is 0. The third kappa shape index (κ3) is 39.8. The van der Waals surface area contributed by atoms with Crippen LogP contribution in [0.15, 0.2) is 24.3 Å². The molecule has 328 valence electrons. The minimum Gasteiger partial charge on any atom is -0.462 e. The highest BCUT2D eigenvalue weighted by atomic mass is 16.6. The number of hydrogen-bond acceptors (Lipinski definition) is 9. The molecule has 1 amide bonds. The van der Waals surface area contributed by atoms with Gasteiger partial charge in [-0.15, -0.1) is 0 Å². The highest BCUT2D eigenvalue weighted by molar-refractivity contribution is 5.70. The predicted octanol–water partition coefficient (Wildman–Crippen LogP) is 10.5. The monoisotopic (exact) mass is 795 g/mol. The first-order chi connectivity index (χ1) is 27.5. The molecule has 0 bridgehead atoms. The molecule has 0 aliphatic carbocycles. The number of ether oxygens (including phenoxy) is 3. The minimum atomic E-state index is -0.823. The molecule has 0 radical (unpaired) electrons. The van der Waals surface area contributed by atoms with Gasteiger partial charge in [-0.05, 0) is 64.2 Å². The number of nitrogens with one attached hydrogen (secondary N) is 1. The lowest BCUT2D eigenvalue weighted by Gasteiger charge is -2.21. The third-order valence-electron chi connectivity index (χ3n) is 9.96. The number of amides is 1. The van der Waals surface area contributed by atoms with Gasteiger partial charge in [-0.3, -0.25) is 14.5 Å². The van der Waals surface area contributed by atoms with Gasteiger partial charge in [0.2, 0.25) is 0 Å². The molecular weight excluding hydrogens is 709 g/mol. The van der Waals surface area contributed by atoms with Gasteiger partial charge in [-0.2, -0.15) is 0 Å². The Bertz CT molecular complexity index is 938. The van der Waals surface area contributed by atoms with Gasteiger partial charge in [-0.1, -0.05) is 141 Å². The van der Waals surface area contributed by atoms with Crippen molar-refractivity contribution in [3.8, 4) is 0 Å². The second-order valence-corrected chi connectivity index (χ2v) is 15.3. The van der Waals surface area contributed by atoms with E-state index in [1.807, 2.05) is 0 Å². The summed E-state index contributed by atoms with van der Waals surface area (Å²) in [5, 5.41) is 20.9. The number of nitrogens with zero attached hydrogens (tertiary/aromatic N) is 1. The van der Waals surface area contributed by atoms with E-state index in [0.29, 0.717) is 26.1 Å². The second kappa shape index (κ2) is 43.7. The Morgan fingerprint density at radius 3 is 1.39 bits per heavy atom. The average molecular weight is 795 g/mol. The predicted molar refractivity (Wildman–Crippen MR) is 230 cm³/mol. The number of carbonyl (C=O) groups excluding carboxylic acids is 3. The maximum Gasteiger partial charge on any atom is 0.407 e. The van der Waals surface area contributed by atoms with Crippen molar-refractivity contribution in [1.29, 1.82) is 0 Å². The summed E-state index contributed by atoms with van der Waals surface area (Å²) < 4.78 is 16.4. The van der Waals surface area contributed by atoms with Crippen LogP contribution in [0.3, 0.4) is 0 Å². The highest BCUT2D eigenvalue weighted by Gasteiger charge is 2.19. The van der Waals surface area contributed by atoms with Crippen LogP contribution in [-0.4, -0.2) is 91.9 Å². The van der Waals surface area contributed by atoms with Crippen molar-refractivity contribution in [1.82, 2.24) is 10.2 Å². The first kappa shape index (κ1) is 53.6. The number of allylic oxidation sites excluding steroid dienone is 4. The Balaban J connectivity index is 4.41. The number of aliphatic hydroxyl groups is 2. The van der Waals surface area contributed by atoms with Crippen molar-refractivity contribution in [2.24, 2.45) is 0 Å². The molecule has 10 heteroatoms. The number of rotatable bonds is 42. The summed E-state index contributed by atoms with van der Waals surface area (Å²) in [4.78, 5) is 39.4.